The minimum absolute atomic E-state index is 0.0660. The number of nitrogens with one attached hydrogen (secondary N) is 1. The molecule has 3 rings (SSSR count). The summed E-state index contributed by atoms with van der Waals surface area (Å²) in [6, 6.07) is 0.513. The molecule has 2 aliphatic heterocycles. The van der Waals surface area contributed by atoms with E-state index in [1.807, 2.05) is 0 Å². The van der Waals surface area contributed by atoms with Gasteiger partial charge in [0, 0.05) is 12.6 Å². The van der Waals surface area contributed by atoms with Gasteiger partial charge in [-0.05, 0) is 32.2 Å². The summed E-state index contributed by atoms with van der Waals surface area (Å²) in [5.41, 5.74) is -0.0660. The van der Waals surface area contributed by atoms with Gasteiger partial charge in [-0.2, -0.15) is 0 Å². The summed E-state index contributed by atoms with van der Waals surface area (Å²) < 4.78 is 5.73. The molecule has 1 atom stereocenters. The Bertz CT molecular complexity index is 270. The van der Waals surface area contributed by atoms with Crippen molar-refractivity contribution in [2.75, 3.05) is 26.2 Å². The van der Waals surface area contributed by atoms with Crippen molar-refractivity contribution in [1.29, 1.82) is 0 Å². The molecule has 4 heteroatoms. The topological polar surface area (TPSA) is 41.6 Å². The number of carbonyl (C=O) groups excluding carboxylic acids is 1. The van der Waals surface area contributed by atoms with Crippen molar-refractivity contribution in [3.63, 3.8) is 0 Å². The molecular weight excluding hydrogens is 192 g/mol. The van der Waals surface area contributed by atoms with E-state index in [-0.39, 0.29) is 18.1 Å². The molecule has 0 aromatic rings. The Kier molecular flexibility index (Phi) is 2.21. The zero-order valence-corrected chi connectivity index (χ0v) is 9.00. The third-order valence-corrected chi connectivity index (χ3v) is 4.00. The molecule has 1 spiro atoms. The van der Waals surface area contributed by atoms with E-state index in [1.165, 1.54) is 19.3 Å². The van der Waals surface area contributed by atoms with Crippen molar-refractivity contribution in [1.82, 2.24) is 10.2 Å². The highest BCUT2D eigenvalue weighted by Gasteiger charge is 2.44. The molecule has 0 radical (unpaired) electrons. The van der Waals surface area contributed by atoms with Crippen molar-refractivity contribution in [3.05, 3.63) is 0 Å². The van der Waals surface area contributed by atoms with Gasteiger partial charge < -0.3 is 15.0 Å². The summed E-state index contributed by atoms with van der Waals surface area (Å²) >= 11 is 0. The molecule has 15 heavy (non-hydrogen) atoms. The van der Waals surface area contributed by atoms with Crippen LogP contribution >= 0.6 is 0 Å². The van der Waals surface area contributed by atoms with E-state index in [2.05, 4.69) is 10.2 Å². The van der Waals surface area contributed by atoms with E-state index in [1.54, 1.807) is 0 Å². The van der Waals surface area contributed by atoms with Gasteiger partial charge in [0.25, 0.3) is 0 Å². The zero-order chi connectivity index (χ0) is 10.3. The van der Waals surface area contributed by atoms with Crippen LogP contribution in [-0.4, -0.2) is 48.7 Å². The first-order chi connectivity index (χ1) is 7.29. The van der Waals surface area contributed by atoms with Crippen molar-refractivity contribution < 1.29 is 9.53 Å². The second-order valence-corrected chi connectivity index (χ2v) is 5.00. The summed E-state index contributed by atoms with van der Waals surface area (Å²) in [6.07, 6.45) is 4.70. The molecule has 4 nitrogen and oxygen atoms in total. The van der Waals surface area contributed by atoms with Crippen molar-refractivity contribution >= 4 is 5.91 Å². The smallest absolute Gasteiger partial charge is 0.248 e. The summed E-state index contributed by atoms with van der Waals surface area (Å²) in [5.74, 6) is 0.192. The average molecular weight is 210 g/mol. The highest BCUT2D eigenvalue weighted by Crippen LogP contribution is 2.32. The predicted molar refractivity (Wildman–Crippen MR) is 55.5 cm³/mol. The second kappa shape index (κ2) is 3.46. The fourth-order valence-electron chi connectivity index (χ4n) is 2.75. The van der Waals surface area contributed by atoms with Gasteiger partial charge in [0.2, 0.25) is 5.91 Å². The fraction of sp³-hybridized carbons (Fsp3) is 0.909. The lowest BCUT2D eigenvalue weighted by atomic mass is 9.89. The highest BCUT2D eigenvalue weighted by molar-refractivity contribution is 5.78. The van der Waals surface area contributed by atoms with Crippen molar-refractivity contribution in [2.45, 2.75) is 37.3 Å². The molecule has 3 fully saturated rings. The molecule has 1 unspecified atom stereocenters. The number of nitrogens with zero attached hydrogens (tertiary/aromatic N) is 1. The van der Waals surface area contributed by atoms with Crippen molar-refractivity contribution in [2.24, 2.45) is 0 Å². The maximum Gasteiger partial charge on any atom is 0.248 e. The second-order valence-electron chi connectivity index (χ2n) is 5.00. The molecule has 0 bridgehead atoms. The van der Waals surface area contributed by atoms with Crippen LogP contribution in [0.15, 0.2) is 0 Å². The average Bonchev–Trinajstić information content (AvgIpc) is 2.58. The van der Waals surface area contributed by atoms with E-state index in [0.717, 1.165) is 26.1 Å². The number of hydrogen-bond donors (Lipinski definition) is 1. The normalized spacial score (nSPS) is 37.3. The Morgan fingerprint density at radius 2 is 2.33 bits per heavy atom. The first-order valence-electron chi connectivity index (χ1n) is 5.93. The Morgan fingerprint density at radius 1 is 1.47 bits per heavy atom. The molecule has 1 aliphatic carbocycles. The van der Waals surface area contributed by atoms with Gasteiger partial charge in [0.05, 0.1) is 12.1 Å². The predicted octanol–water partition coefficient (Wildman–Crippen LogP) is 0.130. The number of rotatable bonds is 1. The van der Waals surface area contributed by atoms with Gasteiger partial charge >= 0.3 is 0 Å². The lowest BCUT2D eigenvalue weighted by Gasteiger charge is -2.46. The van der Waals surface area contributed by atoms with Gasteiger partial charge in [-0.3, -0.25) is 4.79 Å². The van der Waals surface area contributed by atoms with Crippen LogP contribution in [0.2, 0.25) is 0 Å². The maximum absolute atomic E-state index is 11.7. The van der Waals surface area contributed by atoms with Crippen LogP contribution in [0.25, 0.3) is 0 Å². The van der Waals surface area contributed by atoms with Gasteiger partial charge in [0.1, 0.15) is 6.61 Å². The van der Waals surface area contributed by atoms with E-state index >= 15 is 0 Å². The summed E-state index contributed by atoms with van der Waals surface area (Å²) in [6.45, 7) is 3.03. The number of morpholine rings is 1. The zero-order valence-electron chi connectivity index (χ0n) is 9.00. The lowest BCUT2D eigenvalue weighted by molar-refractivity contribution is -0.167. The van der Waals surface area contributed by atoms with Crippen LogP contribution in [0.4, 0.5) is 0 Å². The number of hydrogen-bond acceptors (Lipinski definition) is 3. The van der Waals surface area contributed by atoms with Crippen LogP contribution in [0.1, 0.15) is 25.7 Å². The number of amides is 1. The number of carbonyl (C=O) groups is 1. The third-order valence-electron chi connectivity index (χ3n) is 4.00. The molecule has 2 heterocycles. The molecule has 3 aliphatic rings. The Balaban J connectivity index is 1.72. The molecule has 2 saturated heterocycles. The highest BCUT2D eigenvalue weighted by atomic mass is 16.5. The van der Waals surface area contributed by atoms with Gasteiger partial charge in [0.15, 0.2) is 0 Å². The molecule has 1 amide bonds. The van der Waals surface area contributed by atoms with Crippen LogP contribution in [0, 0.1) is 0 Å². The quantitative estimate of drug-likeness (QED) is 0.669. The Hall–Kier alpha value is -0.610. The SMILES string of the molecule is O=C1COC2(CCNC2)CN1C1CCC1. The van der Waals surface area contributed by atoms with Gasteiger partial charge in [-0.15, -0.1) is 0 Å². The van der Waals surface area contributed by atoms with E-state index in [9.17, 15) is 4.79 Å². The van der Waals surface area contributed by atoms with E-state index in [0.29, 0.717) is 6.04 Å². The fourth-order valence-corrected chi connectivity index (χ4v) is 2.75. The maximum atomic E-state index is 11.7. The molecule has 84 valence electrons. The lowest BCUT2D eigenvalue weighted by Crippen LogP contribution is -2.59. The van der Waals surface area contributed by atoms with E-state index < -0.39 is 0 Å². The summed E-state index contributed by atoms with van der Waals surface area (Å²) in [7, 11) is 0. The molecule has 0 aromatic heterocycles. The Morgan fingerprint density at radius 3 is 2.93 bits per heavy atom. The van der Waals surface area contributed by atoms with Gasteiger partial charge in [-0.1, -0.05) is 0 Å². The minimum Gasteiger partial charge on any atom is -0.362 e. The van der Waals surface area contributed by atoms with Gasteiger partial charge in [-0.25, -0.2) is 0 Å². The number of ether oxygens (including phenoxy) is 1. The first kappa shape index (κ1) is 9.60. The van der Waals surface area contributed by atoms with Crippen LogP contribution in [0.5, 0.6) is 0 Å². The molecule has 1 N–H and O–H groups in total. The minimum atomic E-state index is -0.0660. The summed E-state index contributed by atoms with van der Waals surface area (Å²) in [5, 5.41) is 3.33. The van der Waals surface area contributed by atoms with Crippen LogP contribution in [0.3, 0.4) is 0 Å². The summed E-state index contributed by atoms with van der Waals surface area (Å²) in [4.78, 5) is 13.8. The molecular formula is C11H18N2O2. The standard InChI is InChI=1S/C11H18N2O2/c14-10-6-15-11(4-5-12-7-11)8-13(10)9-2-1-3-9/h9,12H,1-8H2. The largest absolute Gasteiger partial charge is 0.362 e. The van der Waals surface area contributed by atoms with Crippen molar-refractivity contribution in [3.8, 4) is 0 Å². The van der Waals surface area contributed by atoms with E-state index in [4.69, 9.17) is 4.74 Å². The first-order valence-corrected chi connectivity index (χ1v) is 5.93. The monoisotopic (exact) mass is 210 g/mol. The molecule has 0 aromatic carbocycles. The van der Waals surface area contributed by atoms with Crippen LogP contribution in [-0.2, 0) is 9.53 Å². The van der Waals surface area contributed by atoms with Crippen LogP contribution < -0.4 is 5.32 Å². The molecule has 1 saturated carbocycles. The third kappa shape index (κ3) is 1.56. The Labute approximate surface area is 90.0 Å².